The van der Waals surface area contributed by atoms with Crippen LogP contribution in [0.4, 0.5) is 10.1 Å². The highest BCUT2D eigenvalue weighted by atomic mass is 19.1. The summed E-state index contributed by atoms with van der Waals surface area (Å²) in [6, 6.07) is 13.2. The molecule has 0 saturated carbocycles. The molecule has 2 aliphatic rings. The minimum atomic E-state index is -0.880. The van der Waals surface area contributed by atoms with Gasteiger partial charge in [0.25, 0.3) is 11.8 Å². The van der Waals surface area contributed by atoms with E-state index < -0.39 is 17.9 Å². The first-order chi connectivity index (χ1) is 15.3. The molecule has 0 spiro atoms. The number of likely N-dealkylation sites (tertiary alicyclic amines) is 1. The van der Waals surface area contributed by atoms with E-state index in [4.69, 9.17) is 4.74 Å². The van der Waals surface area contributed by atoms with Crippen LogP contribution in [0.5, 0.6) is 0 Å². The van der Waals surface area contributed by atoms with Gasteiger partial charge in [-0.1, -0.05) is 18.2 Å². The van der Waals surface area contributed by atoms with E-state index in [1.165, 1.54) is 24.3 Å². The van der Waals surface area contributed by atoms with Gasteiger partial charge >= 0.3 is 5.97 Å². The summed E-state index contributed by atoms with van der Waals surface area (Å²) in [5.74, 6) is -1.55. The summed E-state index contributed by atoms with van der Waals surface area (Å²) in [6.07, 6.45) is 0.837. The zero-order valence-corrected chi connectivity index (χ0v) is 18.3. The molecule has 2 aromatic carbocycles. The van der Waals surface area contributed by atoms with Gasteiger partial charge < -0.3 is 14.5 Å². The number of halogens is 1. The first kappa shape index (κ1) is 22.0. The van der Waals surface area contributed by atoms with E-state index >= 15 is 0 Å². The highest BCUT2D eigenvalue weighted by molar-refractivity contribution is 5.99. The smallest absolute Gasteiger partial charge is 0.309 e. The number of carbonyl (C=O) groups excluding carboxylic acids is 3. The van der Waals surface area contributed by atoms with Gasteiger partial charge in [0.15, 0.2) is 6.10 Å². The van der Waals surface area contributed by atoms with Crippen molar-refractivity contribution in [1.29, 1.82) is 0 Å². The Bertz CT molecular complexity index is 1010. The number of piperidine rings is 1. The topological polar surface area (TPSA) is 66.9 Å². The zero-order chi connectivity index (χ0) is 22.8. The molecule has 2 atom stereocenters. The predicted molar refractivity (Wildman–Crippen MR) is 118 cm³/mol. The van der Waals surface area contributed by atoms with Crippen LogP contribution in [0.2, 0.25) is 0 Å². The molecular formula is C25H27FN2O4. The number of anilines is 1. The first-order valence-corrected chi connectivity index (χ1v) is 11.0. The van der Waals surface area contributed by atoms with Crippen LogP contribution in [0.3, 0.4) is 0 Å². The molecule has 2 aliphatic heterocycles. The summed E-state index contributed by atoms with van der Waals surface area (Å²) in [5.41, 5.74) is 2.41. The number of ether oxygens (including phenoxy) is 1. The van der Waals surface area contributed by atoms with Crippen molar-refractivity contribution in [2.75, 3.05) is 18.0 Å². The van der Waals surface area contributed by atoms with Crippen LogP contribution in [-0.4, -0.2) is 47.9 Å². The molecule has 0 aliphatic carbocycles. The lowest BCUT2D eigenvalue weighted by atomic mass is 9.96. The van der Waals surface area contributed by atoms with E-state index in [0.717, 1.165) is 17.7 Å². The SMILES string of the molecule is C[C@H](OC(=O)C1CCN(C(=O)c2ccc(F)cc2)CC1)C(=O)N1c2ccccc2C[C@@H]1C. The summed E-state index contributed by atoms with van der Waals surface area (Å²) in [4.78, 5) is 41.7. The Morgan fingerprint density at radius 1 is 1.03 bits per heavy atom. The number of hydrogen-bond donors (Lipinski definition) is 0. The molecule has 2 amide bonds. The predicted octanol–water partition coefficient (Wildman–Crippen LogP) is 3.59. The van der Waals surface area contributed by atoms with Crippen molar-refractivity contribution < 1.29 is 23.5 Å². The quantitative estimate of drug-likeness (QED) is 0.685. The minimum absolute atomic E-state index is 0.0155. The fourth-order valence-electron chi connectivity index (χ4n) is 4.51. The van der Waals surface area contributed by atoms with Gasteiger partial charge in [-0.15, -0.1) is 0 Å². The van der Waals surface area contributed by atoms with Crippen molar-refractivity contribution >= 4 is 23.5 Å². The second kappa shape index (κ2) is 9.10. The number of nitrogens with zero attached hydrogens (tertiary/aromatic N) is 2. The molecular weight excluding hydrogens is 411 g/mol. The summed E-state index contributed by atoms with van der Waals surface area (Å²) >= 11 is 0. The van der Waals surface area contributed by atoms with Crippen LogP contribution in [0.15, 0.2) is 48.5 Å². The minimum Gasteiger partial charge on any atom is -0.452 e. The van der Waals surface area contributed by atoms with Gasteiger partial charge in [-0.3, -0.25) is 14.4 Å². The van der Waals surface area contributed by atoms with E-state index in [2.05, 4.69) is 0 Å². The van der Waals surface area contributed by atoms with E-state index in [0.29, 0.717) is 31.5 Å². The normalized spacial score (nSPS) is 19.4. The lowest BCUT2D eigenvalue weighted by Gasteiger charge is -2.32. The van der Waals surface area contributed by atoms with E-state index in [-0.39, 0.29) is 23.8 Å². The number of carbonyl (C=O) groups is 3. The van der Waals surface area contributed by atoms with Crippen LogP contribution in [0.1, 0.15) is 42.6 Å². The molecule has 1 fully saturated rings. The fraction of sp³-hybridized carbons (Fsp3) is 0.400. The van der Waals surface area contributed by atoms with Gasteiger partial charge in [0.2, 0.25) is 0 Å². The number of rotatable bonds is 4. The number of benzene rings is 2. The molecule has 6 nitrogen and oxygen atoms in total. The Hall–Kier alpha value is -3.22. The molecule has 1 saturated heterocycles. The number of esters is 1. The van der Waals surface area contributed by atoms with Gasteiger partial charge in [-0.05, 0) is 69.0 Å². The van der Waals surface area contributed by atoms with Crippen LogP contribution in [-0.2, 0) is 20.7 Å². The van der Waals surface area contributed by atoms with Gasteiger partial charge in [0, 0.05) is 30.4 Å². The van der Waals surface area contributed by atoms with Gasteiger partial charge in [0.1, 0.15) is 5.82 Å². The Kier molecular flexibility index (Phi) is 6.26. The zero-order valence-electron chi connectivity index (χ0n) is 18.3. The van der Waals surface area contributed by atoms with Crippen molar-refractivity contribution in [1.82, 2.24) is 4.90 Å². The molecule has 7 heteroatoms. The fourth-order valence-corrected chi connectivity index (χ4v) is 4.51. The number of para-hydroxylation sites is 1. The summed E-state index contributed by atoms with van der Waals surface area (Å²) in [6.45, 7) is 4.42. The summed E-state index contributed by atoms with van der Waals surface area (Å²) in [7, 11) is 0. The first-order valence-electron chi connectivity index (χ1n) is 11.0. The molecule has 2 aromatic rings. The Morgan fingerprint density at radius 2 is 1.69 bits per heavy atom. The van der Waals surface area contributed by atoms with Crippen molar-refractivity contribution in [2.24, 2.45) is 5.92 Å². The van der Waals surface area contributed by atoms with Crippen LogP contribution >= 0.6 is 0 Å². The lowest BCUT2D eigenvalue weighted by Crippen LogP contribution is -2.45. The molecule has 0 radical (unpaired) electrons. The van der Waals surface area contributed by atoms with Crippen molar-refractivity contribution in [3.05, 3.63) is 65.5 Å². The second-order valence-corrected chi connectivity index (χ2v) is 8.54. The third-order valence-corrected chi connectivity index (χ3v) is 6.29. The molecule has 0 bridgehead atoms. The highest BCUT2D eigenvalue weighted by Crippen LogP contribution is 2.32. The molecule has 0 unspecified atom stereocenters. The standard InChI is InChI=1S/C25H27FN2O4/c1-16-15-20-5-3-4-6-22(20)28(16)23(29)17(2)32-25(31)19-11-13-27(14-12-19)24(30)18-7-9-21(26)10-8-18/h3-10,16-17,19H,11-15H2,1-2H3/t16-,17-/m0/s1. The maximum Gasteiger partial charge on any atom is 0.309 e. The van der Waals surface area contributed by atoms with Crippen molar-refractivity contribution in [3.8, 4) is 0 Å². The number of fused-ring (bicyclic) bond motifs is 1. The van der Waals surface area contributed by atoms with Crippen LogP contribution < -0.4 is 4.90 Å². The molecule has 2 heterocycles. The maximum atomic E-state index is 13.1. The van der Waals surface area contributed by atoms with E-state index in [1.54, 1.807) is 16.7 Å². The average molecular weight is 438 g/mol. The third-order valence-electron chi connectivity index (χ3n) is 6.29. The summed E-state index contributed by atoms with van der Waals surface area (Å²) < 4.78 is 18.6. The van der Waals surface area contributed by atoms with Gasteiger partial charge in [0.05, 0.1) is 5.92 Å². The lowest BCUT2D eigenvalue weighted by molar-refractivity contribution is -0.159. The van der Waals surface area contributed by atoms with Gasteiger partial charge in [-0.2, -0.15) is 0 Å². The average Bonchev–Trinajstić information content (AvgIpc) is 3.14. The summed E-state index contributed by atoms with van der Waals surface area (Å²) in [5, 5.41) is 0. The Morgan fingerprint density at radius 3 is 2.38 bits per heavy atom. The van der Waals surface area contributed by atoms with Gasteiger partial charge in [-0.25, -0.2) is 4.39 Å². The van der Waals surface area contributed by atoms with Crippen LogP contribution in [0, 0.1) is 11.7 Å². The molecule has 4 rings (SSSR count). The molecule has 168 valence electrons. The van der Waals surface area contributed by atoms with Crippen LogP contribution in [0.25, 0.3) is 0 Å². The second-order valence-electron chi connectivity index (χ2n) is 8.54. The number of amides is 2. The third kappa shape index (κ3) is 4.38. The largest absolute Gasteiger partial charge is 0.452 e. The number of hydrogen-bond acceptors (Lipinski definition) is 4. The molecule has 0 N–H and O–H groups in total. The Labute approximate surface area is 187 Å². The van der Waals surface area contributed by atoms with Crippen molar-refractivity contribution in [2.45, 2.75) is 45.3 Å². The van der Waals surface area contributed by atoms with Crippen molar-refractivity contribution in [3.63, 3.8) is 0 Å². The highest BCUT2D eigenvalue weighted by Gasteiger charge is 2.36. The van der Waals surface area contributed by atoms with E-state index in [9.17, 15) is 18.8 Å². The molecule has 0 aromatic heterocycles. The molecule has 32 heavy (non-hydrogen) atoms. The van der Waals surface area contributed by atoms with E-state index in [1.807, 2.05) is 31.2 Å². The maximum absolute atomic E-state index is 13.1. The monoisotopic (exact) mass is 438 g/mol. The Balaban J connectivity index is 1.31.